The summed E-state index contributed by atoms with van der Waals surface area (Å²) in [4.78, 5) is 0. The maximum Gasteiger partial charge on any atom is 0.120 e. The predicted molar refractivity (Wildman–Crippen MR) is 76.0 cm³/mol. The van der Waals surface area contributed by atoms with E-state index in [9.17, 15) is 0 Å². The normalized spacial score (nSPS) is 18.2. The Balaban J connectivity index is 1.99. The molecule has 1 atom stereocenters. The minimum Gasteiger partial charge on any atom is -0.490 e. The first-order chi connectivity index (χ1) is 8.65. The van der Waals surface area contributed by atoms with Crippen LogP contribution >= 0.6 is 0 Å². The monoisotopic (exact) mass is 247 g/mol. The molecule has 1 aliphatic carbocycles. The molecule has 0 heterocycles. The lowest BCUT2D eigenvalue weighted by molar-refractivity contribution is 0.209. The summed E-state index contributed by atoms with van der Waals surface area (Å²) in [6.45, 7) is 6.56. The van der Waals surface area contributed by atoms with Crippen molar-refractivity contribution in [1.29, 1.82) is 0 Å². The van der Waals surface area contributed by atoms with Crippen molar-refractivity contribution >= 4 is 0 Å². The van der Waals surface area contributed by atoms with Gasteiger partial charge in [0.25, 0.3) is 0 Å². The quantitative estimate of drug-likeness (QED) is 0.847. The minimum absolute atomic E-state index is 0.372. The Bertz CT molecular complexity index is 369. The third-order valence-electron chi connectivity index (χ3n) is 3.55. The summed E-state index contributed by atoms with van der Waals surface area (Å²) < 4.78 is 6.04. The van der Waals surface area contributed by atoms with E-state index in [1.807, 2.05) is 0 Å². The molecular formula is C16H25NO. The summed E-state index contributed by atoms with van der Waals surface area (Å²) in [5.41, 5.74) is 1.30. The van der Waals surface area contributed by atoms with Crippen molar-refractivity contribution in [2.75, 3.05) is 0 Å². The lowest BCUT2D eigenvalue weighted by Gasteiger charge is -2.19. The Morgan fingerprint density at radius 2 is 1.89 bits per heavy atom. The molecule has 0 saturated heterocycles. The van der Waals surface area contributed by atoms with Gasteiger partial charge in [-0.05, 0) is 50.3 Å². The molecule has 2 heteroatoms. The number of hydrogen-bond donors (Lipinski definition) is 1. The van der Waals surface area contributed by atoms with E-state index in [1.165, 1.54) is 31.2 Å². The molecule has 0 radical (unpaired) electrons. The number of hydrogen-bond acceptors (Lipinski definition) is 2. The third kappa shape index (κ3) is 3.74. The Hall–Kier alpha value is -1.02. The molecule has 0 aliphatic heterocycles. The van der Waals surface area contributed by atoms with Crippen molar-refractivity contribution in [1.82, 2.24) is 5.32 Å². The van der Waals surface area contributed by atoms with Gasteiger partial charge in [-0.1, -0.05) is 26.0 Å². The number of rotatable bonds is 5. The van der Waals surface area contributed by atoms with Crippen LogP contribution in [0.4, 0.5) is 0 Å². The average molecular weight is 247 g/mol. The molecule has 0 spiro atoms. The highest BCUT2D eigenvalue weighted by Gasteiger charge is 2.16. The molecule has 1 fully saturated rings. The minimum atomic E-state index is 0.372. The molecule has 1 saturated carbocycles. The molecule has 0 aromatic heterocycles. The summed E-state index contributed by atoms with van der Waals surface area (Å²) in [6, 6.07) is 9.39. The number of nitrogens with one attached hydrogen (secondary N) is 1. The molecule has 1 aromatic carbocycles. The third-order valence-corrected chi connectivity index (χ3v) is 3.55. The van der Waals surface area contributed by atoms with Crippen LogP contribution in [0.5, 0.6) is 5.75 Å². The summed E-state index contributed by atoms with van der Waals surface area (Å²) in [6.07, 6.45) is 5.49. The lowest BCUT2D eigenvalue weighted by atomic mass is 10.1. The molecule has 1 N–H and O–H groups in total. The molecule has 18 heavy (non-hydrogen) atoms. The van der Waals surface area contributed by atoms with Crippen LogP contribution in [0.25, 0.3) is 0 Å². The first kappa shape index (κ1) is 13.4. The van der Waals surface area contributed by atoms with Crippen molar-refractivity contribution in [3.8, 4) is 5.75 Å². The van der Waals surface area contributed by atoms with Crippen LogP contribution in [0.15, 0.2) is 24.3 Å². The van der Waals surface area contributed by atoms with Crippen LogP contribution in [0, 0.1) is 0 Å². The van der Waals surface area contributed by atoms with E-state index in [1.54, 1.807) is 0 Å². The fourth-order valence-electron chi connectivity index (χ4n) is 2.65. The van der Waals surface area contributed by atoms with Gasteiger partial charge in [0, 0.05) is 12.1 Å². The SMILES string of the molecule is CC(C)NC(C)c1cccc(OC2CCCC2)c1. The van der Waals surface area contributed by atoms with E-state index < -0.39 is 0 Å². The Labute approximate surface area is 111 Å². The Morgan fingerprint density at radius 1 is 1.17 bits per heavy atom. The van der Waals surface area contributed by atoms with E-state index >= 15 is 0 Å². The maximum absolute atomic E-state index is 6.04. The molecule has 0 bridgehead atoms. The molecule has 0 amide bonds. The van der Waals surface area contributed by atoms with Crippen LogP contribution in [0.1, 0.15) is 58.1 Å². The topological polar surface area (TPSA) is 21.3 Å². The molecule has 1 unspecified atom stereocenters. The average Bonchev–Trinajstić information content (AvgIpc) is 2.81. The van der Waals surface area contributed by atoms with E-state index in [0.29, 0.717) is 18.2 Å². The van der Waals surface area contributed by atoms with Crippen molar-refractivity contribution in [2.24, 2.45) is 0 Å². The van der Waals surface area contributed by atoms with E-state index in [-0.39, 0.29) is 0 Å². The van der Waals surface area contributed by atoms with Crippen LogP contribution in [0.3, 0.4) is 0 Å². The molecule has 1 aromatic rings. The van der Waals surface area contributed by atoms with Crippen LogP contribution in [0.2, 0.25) is 0 Å². The van der Waals surface area contributed by atoms with Gasteiger partial charge in [0.15, 0.2) is 0 Å². The van der Waals surface area contributed by atoms with Gasteiger partial charge in [0.1, 0.15) is 5.75 Å². The second-order valence-electron chi connectivity index (χ2n) is 5.64. The van der Waals surface area contributed by atoms with Gasteiger partial charge < -0.3 is 10.1 Å². The fourth-order valence-corrected chi connectivity index (χ4v) is 2.65. The van der Waals surface area contributed by atoms with Gasteiger partial charge >= 0.3 is 0 Å². The number of ether oxygens (including phenoxy) is 1. The summed E-state index contributed by atoms with van der Waals surface area (Å²) in [5.74, 6) is 1.02. The molecule has 2 rings (SSSR count). The summed E-state index contributed by atoms with van der Waals surface area (Å²) in [7, 11) is 0. The zero-order valence-electron chi connectivity index (χ0n) is 11.8. The van der Waals surface area contributed by atoms with E-state index in [0.717, 1.165) is 5.75 Å². The largest absolute Gasteiger partial charge is 0.490 e. The lowest BCUT2D eigenvalue weighted by Crippen LogP contribution is -2.26. The predicted octanol–water partition coefficient (Wildman–Crippen LogP) is 4.07. The first-order valence-electron chi connectivity index (χ1n) is 7.18. The van der Waals surface area contributed by atoms with Gasteiger partial charge in [0.2, 0.25) is 0 Å². The van der Waals surface area contributed by atoms with E-state index in [2.05, 4.69) is 50.4 Å². The zero-order valence-corrected chi connectivity index (χ0v) is 11.8. The van der Waals surface area contributed by atoms with Crippen LogP contribution in [-0.4, -0.2) is 12.1 Å². The van der Waals surface area contributed by atoms with Crippen LogP contribution < -0.4 is 10.1 Å². The van der Waals surface area contributed by atoms with Gasteiger partial charge in [0.05, 0.1) is 6.10 Å². The van der Waals surface area contributed by atoms with Gasteiger partial charge in [-0.3, -0.25) is 0 Å². The molecular weight excluding hydrogens is 222 g/mol. The molecule has 1 aliphatic rings. The maximum atomic E-state index is 6.04. The smallest absolute Gasteiger partial charge is 0.120 e. The second kappa shape index (κ2) is 6.24. The van der Waals surface area contributed by atoms with Gasteiger partial charge in [-0.2, -0.15) is 0 Å². The second-order valence-corrected chi connectivity index (χ2v) is 5.64. The summed E-state index contributed by atoms with van der Waals surface area (Å²) >= 11 is 0. The molecule has 100 valence electrons. The highest BCUT2D eigenvalue weighted by Crippen LogP contribution is 2.26. The zero-order chi connectivity index (χ0) is 13.0. The van der Waals surface area contributed by atoms with Crippen LogP contribution in [-0.2, 0) is 0 Å². The highest BCUT2D eigenvalue weighted by molar-refractivity contribution is 5.30. The summed E-state index contributed by atoms with van der Waals surface area (Å²) in [5, 5.41) is 3.52. The number of benzene rings is 1. The highest BCUT2D eigenvalue weighted by atomic mass is 16.5. The van der Waals surface area contributed by atoms with E-state index in [4.69, 9.17) is 4.74 Å². The van der Waals surface area contributed by atoms with Crippen molar-refractivity contribution in [2.45, 2.75) is 64.6 Å². The van der Waals surface area contributed by atoms with Crippen molar-refractivity contribution in [3.05, 3.63) is 29.8 Å². The Morgan fingerprint density at radius 3 is 2.56 bits per heavy atom. The van der Waals surface area contributed by atoms with Crippen molar-refractivity contribution < 1.29 is 4.74 Å². The molecule has 2 nitrogen and oxygen atoms in total. The first-order valence-corrected chi connectivity index (χ1v) is 7.18. The van der Waals surface area contributed by atoms with Crippen molar-refractivity contribution in [3.63, 3.8) is 0 Å². The Kier molecular flexibility index (Phi) is 4.65. The van der Waals surface area contributed by atoms with Gasteiger partial charge in [-0.15, -0.1) is 0 Å². The fraction of sp³-hybridized carbons (Fsp3) is 0.625. The standard InChI is InChI=1S/C16H25NO/c1-12(2)17-13(3)14-7-6-10-16(11-14)18-15-8-4-5-9-15/h6-7,10-13,15,17H,4-5,8-9H2,1-3H3. The van der Waals surface area contributed by atoms with Gasteiger partial charge in [-0.25, -0.2) is 0 Å².